The van der Waals surface area contributed by atoms with Gasteiger partial charge in [0.05, 0.1) is 15.9 Å². The van der Waals surface area contributed by atoms with E-state index in [0.29, 0.717) is 0 Å². The first-order valence-electron chi connectivity index (χ1n) is 4.01. The zero-order valence-electron chi connectivity index (χ0n) is 7.72. The number of hydrogen-bond donors (Lipinski definition) is 1. The molecule has 0 saturated carbocycles. The fourth-order valence-electron chi connectivity index (χ4n) is 0.844. The highest BCUT2D eigenvalue weighted by Crippen LogP contribution is 2.26. The third kappa shape index (κ3) is 2.88. The summed E-state index contributed by atoms with van der Waals surface area (Å²) in [6.45, 7) is 1.42. The Morgan fingerprint density at radius 3 is 2.53 bits per heavy atom. The lowest BCUT2D eigenvalue weighted by Crippen LogP contribution is -2.15. The molecule has 1 rings (SSSR count). The van der Waals surface area contributed by atoms with Crippen LogP contribution in [0.15, 0.2) is 16.6 Å². The summed E-state index contributed by atoms with van der Waals surface area (Å²) in [7, 11) is -3.56. The Labute approximate surface area is 94.7 Å². The van der Waals surface area contributed by atoms with Gasteiger partial charge < -0.3 is 0 Å². The monoisotopic (exact) mass is 299 g/mol. The molecule has 0 radical (unpaired) electrons. The maximum Gasteiger partial charge on any atom is 0.232 e. The SMILES string of the molecule is CCS(=O)(=O)Nc1ccc(F)c(Br)c1F. The van der Waals surface area contributed by atoms with Gasteiger partial charge in [-0.05, 0) is 35.0 Å². The van der Waals surface area contributed by atoms with Crippen molar-refractivity contribution in [1.29, 1.82) is 0 Å². The molecule has 0 saturated heterocycles. The Balaban J connectivity index is 3.13. The standard InChI is InChI=1S/C8H8BrF2NO2S/c1-2-15(13,14)12-6-4-3-5(10)7(9)8(6)11/h3-4,12H,2H2,1H3. The summed E-state index contributed by atoms with van der Waals surface area (Å²) in [5.41, 5.74) is -0.273. The van der Waals surface area contributed by atoms with Crippen molar-refractivity contribution >= 4 is 31.6 Å². The van der Waals surface area contributed by atoms with Crippen LogP contribution in [0.2, 0.25) is 0 Å². The summed E-state index contributed by atoms with van der Waals surface area (Å²) in [6.07, 6.45) is 0. The van der Waals surface area contributed by atoms with Crippen LogP contribution in [0.3, 0.4) is 0 Å². The summed E-state index contributed by atoms with van der Waals surface area (Å²) < 4.78 is 50.0. The van der Waals surface area contributed by atoms with Crippen molar-refractivity contribution in [3.8, 4) is 0 Å². The lowest BCUT2D eigenvalue weighted by molar-refractivity contribution is 0.573. The molecule has 0 aliphatic rings. The van der Waals surface area contributed by atoms with Gasteiger partial charge in [0.1, 0.15) is 5.82 Å². The average Bonchev–Trinajstić information content (AvgIpc) is 2.19. The summed E-state index contributed by atoms with van der Waals surface area (Å²) in [6, 6.07) is 2.00. The minimum atomic E-state index is -3.56. The Kier molecular flexibility index (Phi) is 3.67. The molecular weight excluding hydrogens is 292 g/mol. The minimum Gasteiger partial charge on any atom is -0.281 e. The molecule has 1 aromatic carbocycles. The van der Waals surface area contributed by atoms with Crippen molar-refractivity contribution in [1.82, 2.24) is 0 Å². The van der Waals surface area contributed by atoms with Crippen LogP contribution in [0.1, 0.15) is 6.92 Å². The molecule has 0 amide bonds. The van der Waals surface area contributed by atoms with Crippen molar-refractivity contribution < 1.29 is 17.2 Å². The molecule has 0 aromatic heterocycles. The van der Waals surface area contributed by atoms with E-state index in [9.17, 15) is 17.2 Å². The van der Waals surface area contributed by atoms with E-state index < -0.39 is 21.7 Å². The van der Waals surface area contributed by atoms with Crippen molar-refractivity contribution in [3.05, 3.63) is 28.2 Å². The van der Waals surface area contributed by atoms with Gasteiger partial charge in [-0.15, -0.1) is 0 Å². The number of nitrogens with one attached hydrogen (secondary N) is 1. The van der Waals surface area contributed by atoms with E-state index in [2.05, 4.69) is 15.9 Å². The molecule has 0 aliphatic carbocycles. The van der Waals surface area contributed by atoms with Crippen LogP contribution in [-0.4, -0.2) is 14.2 Å². The Bertz CT molecular complexity index is 476. The van der Waals surface area contributed by atoms with Gasteiger partial charge in [0.15, 0.2) is 5.82 Å². The van der Waals surface area contributed by atoms with Gasteiger partial charge in [0.25, 0.3) is 0 Å². The number of benzene rings is 1. The summed E-state index contributed by atoms with van der Waals surface area (Å²) in [5.74, 6) is -1.93. The molecule has 0 heterocycles. The van der Waals surface area contributed by atoms with E-state index in [1.807, 2.05) is 4.72 Å². The number of halogens is 3. The molecule has 0 aliphatic heterocycles. The smallest absolute Gasteiger partial charge is 0.232 e. The van der Waals surface area contributed by atoms with Gasteiger partial charge >= 0.3 is 0 Å². The highest BCUT2D eigenvalue weighted by Gasteiger charge is 2.15. The topological polar surface area (TPSA) is 46.2 Å². The second-order valence-corrected chi connectivity index (χ2v) is 5.53. The zero-order chi connectivity index (χ0) is 11.6. The molecule has 0 unspecified atom stereocenters. The average molecular weight is 300 g/mol. The highest BCUT2D eigenvalue weighted by molar-refractivity contribution is 9.10. The molecule has 0 bridgehead atoms. The number of rotatable bonds is 3. The first kappa shape index (κ1) is 12.4. The van der Waals surface area contributed by atoms with Crippen LogP contribution in [-0.2, 0) is 10.0 Å². The molecule has 0 fully saturated rings. The van der Waals surface area contributed by atoms with Crippen molar-refractivity contribution in [2.75, 3.05) is 10.5 Å². The fraction of sp³-hybridized carbons (Fsp3) is 0.250. The number of hydrogen-bond acceptors (Lipinski definition) is 2. The number of anilines is 1. The van der Waals surface area contributed by atoms with Crippen molar-refractivity contribution in [3.63, 3.8) is 0 Å². The Hall–Kier alpha value is -0.690. The molecule has 1 N–H and O–H groups in total. The van der Waals surface area contributed by atoms with Gasteiger partial charge in [-0.3, -0.25) is 4.72 Å². The molecule has 7 heteroatoms. The molecule has 0 spiro atoms. The number of sulfonamides is 1. The van der Waals surface area contributed by atoms with Gasteiger partial charge in [-0.25, -0.2) is 17.2 Å². The van der Waals surface area contributed by atoms with E-state index in [0.717, 1.165) is 12.1 Å². The maximum absolute atomic E-state index is 13.3. The lowest BCUT2D eigenvalue weighted by Gasteiger charge is -2.08. The van der Waals surface area contributed by atoms with Gasteiger partial charge in [-0.2, -0.15) is 0 Å². The third-order valence-electron chi connectivity index (χ3n) is 1.68. The minimum absolute atomic E-state index is 0.179. The quantitative estimate of drug-likeness (QED) is 0.872. The second-order valence-electron chi connectivity index (χ2n) is 2.73. The van der Waals surface area contributed by atoms with Crippen LogP contribution in [0.4, 0.5) is 14.5 Å². The molecule has 84 valence electrons. The van der Waals surface area contributed by atoms with E-state index in [1.165, 1.54) is 6.92 Å². The molecule has 15 heavy (non-hydrogen) atoms. The lowest BCUT2D eigenvalue weighted by atomic mass is 10.3. The van der Waals surface area contributed by atoms with Crippen LogP contribution in [0.5, 0.6) is 0 Å². The predicted molar refractivity (Wildman–Crippen MR) is 57.1 cm³/mol. The van der Waals surface area contributed by atoms with E-state index in [1.54, 1.807) is 0 Å². The Morgan fingerprint density at radius 2 is 2.00 bits per heavy atom. The predicted octanol–water partition coefficient (Wildman–Crippen LogP) is 2.49. The first-order chi connectivity index (χ1) is 6.87. The maximum atomic E-state index is 13.3. The van der Waals surface area contributed by atoms with Crippen LogP contribution < -0.4 is 4.72 Å². The van der Waals surface area contributed by atoms with Crippen molar-refractivity contribution in [2.24, 2.45) is 0 Å². The largest absolute Gasteiger partial charge is 0.281 e. The van der Waals surface area contributed by atoms with E-state index in [-0.39, 0.29) is 15.9 Å². The fourth-order valence-corrected chi connectivity index (χ4v) is 1.83. The molecule has 3 nitrogen and oxygen atoms in total. The van der Waals surface area contributed by atoms with Crippen LogP contribution in [0, 0.1) is 11.6 Å². The van der Waals surface area contributed by atoms with Gasteiger partial charge in [0.2, 0.25) is 10.0 Å². The van der Waals surface area contributed by atoms with Gasteiger partial charge in [-0.1, -0.05) is 0 Å². The van der Waals surface area contributed by atoms with E-state index >= 15 is 0 Å². The normalized spacial score (nSPS) is 11.5. The van der Waals surface area contributed by atoms with Crippen LogP contribution >= 0.6 is 15.9 Å². The Morgan fingerprint density at radius 1 is 1.40 bits per heavy atom. The van der Waals surface area contributed by atoms with Crippen molar-refractivity contribution in [2.45, 2.75) is 6.92 Å². The third-order valence-corrected chi connectivity index (χ3v) is 3.70. The highest BCUT2D eigenvalue weighted by atomic mass is 79.9. The molecule has 1 aromatic rings. The zero-order valence-corrected chi connectivity index (χ0v) is 10.1. The second kappa shape index (κ2) is 4.44. The molecular formula is C8H8BrF2NO2S. The molecule has 0 atom stereocenters. The summed E-state index contributed by atoms with van der Waals surface area (Å²) >= 11 is 2.67. The van der Waals surface area contributed by atoms with Crippen LogP contribution in [0.25, 0.3) is 0 Å². The summed E-state index contributed by atoms with van der Waals surface area (Å²) in [4.78, 5) is 0. The van der Waals surface area contributed by atoms with E-state index in [4.69, 9.17) is 0 Å². The first-order valence-corrected chi connectivity index (χ1v) is 6.46. The van der Waals surface area contributed by atoms with Gasteiger partial charge in [0, 0.05) is 0 Å². The summed E-state index contributed by atoms with van der Waals surface area (Å²) in [5, 5.41) is 0.